The number of carbonyl (C=O) groups excluding carboxylic acids is 4. The number of ether oxygens (including phenoxy) is 2. The molecular weight excluding hydrogens is 642 g/mol. The Balaban J connectivity index is 2.33. The molecule has 0 saturated heterocycles. The minimum absolute atomic E-state index is 0.144. The number of amides is 6. The van der Waals surface area contributed by atoms with Crippen LogP contribution in [-0.4, -0.2) is 117 Å². The second-order valence-electron chi connectivity index (χ2n) is 13.3. The molecule has 0 fully saturated rings. The van der Waals surface area contributed by atoms with Crippen LogP contribution in [-0.2, 0) is 20.9 Å². The number of hydrazine groups is 1. The molecule has 14 nitrogen and oxygen atoms in total. The lowest BCUT2D eigenvalue weighted by Gasteiger charge is -2.32. The van der Waals surface area contributed by atoms with Crippen molar-refractivity contribution in [2.45, 2.75) is 64.9 Å². The van der Waals surface area contributed by atoms with Crippen molar-refractivity contribution in [1.82, 2.24) is 36.2 Å². The third-order valence-electron chi connectivity index (χ3n) is 7.93. The van der Waals surface area contributed by atoms with Crippen LogP contribution in [0.5, 0.6) is 5.75 Å². The molecule has 0 aromatic heterocycles. The van der Waals surface area contributed by atoms with Gasteiger partial charge in [-0.15, -0.1) is 0 Å². The number of nitrogens with one attached hydrogen (secondary N) is 4. The van der Waals surface area contributed by atoms with Crippen LogP contribution in [0.4, 0.5) is 9.59 Å². The van der Waals surface area contributed by atoms with Gasteiger partial charge in [0.15, 0.2) is 0 Å². The van der Waals surface area contributed by atoms with Gasteiger partial charge in [-0.05, 0) is 41.5 Å². The number of rotatable bonds is 19. The van der Waals surface area contributed by atoms with Crippen LogP contribution in [0.2, 0.25) is 0 Å². The average molecular weight is 700 g/mol. The van der Waals surface area contributed by atoms with E-state index in [0.717, 1.165) is 5.56 Å². The monoisotopic (exact) mass is 699 g/mol. The minimum atomic E-state index is -1.08. The highest BCUT2D eigenvalue weighted by Gasteiger charge is 2.31. The lowest BCUT2D eigenvalue weighted by molar-refractivity contribution is -0.129. The number of aliphatic hydroxyl groups excluding tert-OH is 1. The largest absolute Gasteiger partial charge is 0.491 e. The highest BCUT2D eigenvalue weighted by atomic mass is 16.5. The second-order valence-corrected chi connectivity index (χ2v) is 13.3. The summed E-state index contributed by atoms with van der Waals surface area (Å²) in [6.45, 7) is 8.68. The number of carbonyl (C=O) groups is 4. The van der Waals surface area contributed by atoms with Gasteiger partial charge in [-0.2, -0.15) is 0 Å². The quantitative estimate of drug-likeness (QED) is 0.110. The van der Waals surface area contributed by atoms with Crippen molar-refractivity contribution in [1.29, 1.82) is 0 Å². The van der Waals surface area contributed by atoms with Gasteiger partial charge in [0.05, 0.1) is 18.8 Å². The first-order valence-corrected chi connectivity index (χ1v) is 16.9. The number of hydrogen-bond donors (Lipinski definition) is 5. The van der Waals surface area contributed by atoms with Crippen molar-refractivity contribution >= 4 is 23.9 Å². The summed E-state index contributed by atoms with van der Waals surface area (Å²) in [6, 6.07) is 13.2. The van der Waals surface area contributed by atoms with Crippen LogP contribution < -0.4 is 26.1 Å². The molecule has 2 rings (SSSR count). The Morgan fingerprint density at radius 2 is 1.28 bits per heavy atom. The number of urea groups is 2. The molecular formula is C36H57N7O7. The highest BCUT2D eigenvalue weighted by molar-refractivity contribution is 5.88. The van der Waals surface area contributed by atoms with E-state index >= 15 is 0 Å². The normalized spacial score (nSPS) is 13.6. The summed E-state index contributed by atoms with van der Waals surface area (Å²) >= 11 is 0. The van der Waals surface area contributed by atoms with Crippen LogP contribution in [0.25, 0.3) is 0 Å². The summed E-state index contributed by atoms with van der Waals surface area (Å²) in [7, 11) is 7.99. The fraction of sp³-hybridized carbons (Fsp3) is 0.556. The molecule has 50 heavy (non-hydrogen) atoms. The van der Waals surface area contributed by atoms with E-state index in [1.54, 1.807) is 40.3 Å². The first-order chi connectivity index (χ1) is 23.6. The molecule has 0 saturated carbocycles. The van der Waals surface area contributed by atoms with E-state index < -0.39 is 48.1 Å². The van der Waals surface area contributed by atoms with E-state index in [2.05, 4.69) is 21.4 Å². The van der Waals surface area contributed by atoms with Gasteiger partial charge in [-0.3, -0.25) is 15.0 Å². The average Bonchev–Trinajstić information content (AvgIpc) is 3.07. The molecule has 0 aliphatic carbocycles. The molecule has 14 heteroatoms. The van der Waals surface area contributed by atoms with Gasteiger partial charge in [0, 0.05) is 48.4 Å². The van der Waals surface area contributed by atoms with E-state index in [9.17, 15) is 24.3 Å². The van der Waals surface area contributed by atoms with E-state index in [4.69, 9.17) is 9.47 Å². The number of aliphatic hydroxyl groups is 1. The Bertz CT molecular complexity index is 1340. The van der Waals surface area contributed by atoms with Crippen LogP contribution in [0.15, 0.2) is 54.6 Å². The Morgan fingerprint density at radius 1 is 0.740 bits per heavy atom. The molecule has 4 atom stereocenters. The SMILES string of the molecule is COCCOc1ccc(CN(CCC(O)C(NC(=O)C(NC(=O)N(C)C)C(C)C)c2ccccc2)NC(=O)C(NC(=O)N(C)C)C(C)C)cc1. The van der Waals surface area contributed by atoms with Crippen molar-refractivity contribution < 1.29 is 33.8 Å². The Hall–Kier alpha value is -4.40. The highest BCUT2D eigenvalue weighted by Crippen LogP contribution is 2.21. The first kappa shape index (κ1) is 41.8. The lowest BCUT2D eigenvalue weighted by Crippen LogP contribution is -2.56. The summed E-state index contributed by atoms with van der Waals surface area (Å²) in [6.07, 6.45) is -0.936. The van der Waals surface area contributed by atoms with E-state index in [-0.39, 0.29) is 31.3 Å². The van der Waals surface area contributed by atoms with Crippen molar-refractivity contribution in [3.8, 4) is 5.75 Å². The van der Waals surface area contributed by atoms with E-state index in [1.807, 2.05) is 82.3 Å². The molecule has 0 aliphatic rings. The van der Waals surface area contributed by atoms with Gasteiger partial charge in [0.1, 0.15) is 24.4 Å². The van der Waals surface area contributed by atoms with Crippen LogP contribution in [0.3, 0.4) is 0 Å². The number of methoxy groups -OCH3 is 1. The Labute approximate surface area is 296 Å². The standard InChI is InChI=1S/C36H57N7O7/c1-24(2)30(38-35(47)41(5)6)33(45)37-32(27-13-11-10-12-14-27)29(44)19-20-43(23-26-15-17-28(18-16-26)50-22-21-49-9)40-34(46)31(25(3)4)39-36(48)42(7)8/h10-18,24-25,29-32,44H,19-23H2,1-9H3,(H,37,45)(H,38,47)(H,39,48)(H,40,46). The van der Waals surface area contributed by atoms with Gasteiger partial charge in [-0.25, -0.2) is 14.6 Å². The maximum Gasteiger partial charge on any atom is 0.317 e. The van der Waals surface area contributed by atoms with Crippen molar-refractivity contribution in [2.75, 3.05) is 55.1 Å². The number of benzene rings is 2. The zero-order chi connectivity index (χ0) is 37.4. The molecule has 0 aliphatic heterocycles. The minimum Gasteiger partial charge on any atom is -0.491 e. The summed E-state index contributed by atoms with van der Waals surface area (Å²) in [5, 5.41) is 21.8. The molecule has 278 valence electrons. The first-order valence-electron chi connectivity index (χ1n) is 16.9. The van der Waals surface area contributed by atoms with Crippen LogP contribution >= 0.6 is 0 Å². The van der Waals surface area contributed by atoms with Gasteiger partial charge >= 0.3 is 12.1 Å². The molecule has 5 N–H and O–H groups in total. The number of hydrogen-bond acceptors (Lipinski definition) is 8. The molecule has 0 bridgehead atoms. The third-order valence-corrected chi connectivity index (χ3v) is 7.93. The molecule has 2 aromatic carbocycles. The predicted octanol–water partition coefficient (Wildman–Crippen LogP) is 2.75. The number of nitrogens with zero attached hydrogens (tertiary/aromatic N) is 3. The molecule has 6 amide bonds. The fourth-order valence-corrected chi connectivity index (χ4v) is 4.91. The molecule has 2 aromatic rings. The molecule has 0 heterocycles. The van der Waals surface area contributed by atoms with Crippen molar-refractivity contribution in [3.63, 3.8) is 0 Å². The van der Waals surface area contributed by atoms with Gasteiger partial charge < -0.3 is 40.3 Å². The van der Waals surface area contributed by atoms with Crippen LogP contribution in [0.1, 0.15) is 51.3 Å². The Kier molecular flexibility index (Phi) is 17.5. The van der Waals surface area contributed by atoms with E-state index in [0.29, 0.717) is 24.5 Å². The van der Waals surface area contributed by atoms with Gasteiger partial charge in [0.2, 0.25) is 5.91 Å². The third kappa shape index (κ3) is 13.8. The summed E-state index contributed by atoms with van der Waals surface area (Å²) < 4.78 is 10.7. The predicted molar refractivity (Wildman–Crippen MR) is 192 cm³/mol. The maximum absolute atomic E-state index is 13.6. The summed E-state index contributed by atoms with van der Waals surface area (Å²) in [4.78, 5) is 54.8. The fourth-order valence-electron chi connectivity index (χ4n) is 4.91. The van der Waals surface area contributed by atoms with Crippen molar-refractivity contribution in [2.24, 2.45) is 11.8 Å². The van der Waals surface area contributed by atoms with E-state index in [1.165, 1.54) is 9.80 Å². The zero-order valence-electron chi connectivity index (χ0n) is 30.9. The smallest absolute Gasteiger partial charge is 0.317 e. The topological polar surface area (TPSA) is 165 Å². The second kappa shape index (κ2) is 21.0. The van der Waals surface area contributed by atoms with Crippen LogP contribution in [0, 0.1) is 11.8 Å². The summed E-state index contributed by atoms with van der Waals surface area (Å²) in [5.74, 6) is -0.608. The molecule has 0 spiro atoms. The maximum atomic E-state index is 13.6. The van der Waals surface area contributed by atoms with Gasteiger partial charge in [-0.1, -0.05) is 70.2 Å². The van der Waals surface area contributed by atoms with Crippen molar-refractivity contribution in [3.05, 3.63) is 65.7 Å². The summed E-state index contributed by atoms with van der Waals surface area (Å²) in [5.41, 5.74) is 4.49. The Morgan fingerprint density at radius 3 is 1.78 bits per heavy atom. The molecule has 0 radical (unpaired) electrons. The van der Waals surface area contributed by atoms with Gasteiger partial charge in [0.25, 0.3) is 5.91 Å². The molecule has 4 unspecified atom stereocenters. The lowest BCUT2D eigenvalue weighted by atomic mass is 9.97. The zero-order valence-corrected chi connectivity index (χ0v) is 30.9.